The van der Waals surface area contributed by atoms with Crippen LogP contribution < -0.4 is 16.0 Å². The molecule has 1 amide bonds. The Morgan fingerprint density at radius 1 is 0.971 bits per heavy atom. The number of carbonyl (C=O) groups is 4. The fourth-order valence-corrected chi connectivity index (χ4v) is 2.71. The average molecular weight is 477 g/mol. The number of nitriles is 1. The molecule has 34 heavy (non-hydrogen) atoms. The molecule has 1 aromatic rings. The Bertz CT molecular complexity index is 900. The Hall–Kier alpha value is -4.34. The van der Waals surface area contributed by atoms with Crippen molar-refractivity contribution in [3.05, 3.63) is 35.9 Å². The van der Waals surface area contributed by atoms with E-state index >= 15 is 0 Å². The summed E-state index contributed by atoms with van der Waals surface area (Å²) in [5.41, 5.74) is 0.838. The molecule has 13 nitrogen and oxygen atoms in total. The van der Waals surface area contributed by atoms with Crippen LogP contribution in [0.5, 0.6) is 0 Å². The van der Waals surface area contributed by atoms with Gasteiger partial charge in [-0.1, -0.05) is 30.3 Å². The Kier molecular flexibility index (Phi) is 12.6. The van der Waals surface area contributed by atoms with E-state index in [0.29, 0.717) is 12.8 Å². The summed E-state index contributed by atoms with van der Waals surface area (Å²) in [5, 5.41) is 43.5. The number of aliphatic carboxylic acids is 3. The van der Waals surface area contributed by atoms with Crippen molar-refractivity contribution in [2.45, 2.75) is 50.8 Å². The molecule has 184 valence electrons. The van der Waals surface area contributed by atoms with Crippen LogP contribution in [0.1, 0.15) is 37.7 Å². The van der Waals surface area contributed by atoms with Gasteiger partial charge in [-0.3, -0.25) is 4.79 Å². The molecule has 2 atom stereocenters. The van der Waals surface area contributed by atoms with E-state index < -0.39 is 48.5 Å². The molecule has 0 spiro atoms. The van der Waals surface area contributed by atoms with Gasteiger partial charge in [-0.05, 0) is 31.2 Å². The molecule has 0 saturated carbocycles. The molecular weight excluding hydrogens is 450 g/mol. The van der Waals surface area contributed by atoms with Crippen molar-refractivity contribution in [3.8, 4) is 6.19 Å². The molecular formula is C21H27N5O8. The van der Waals surface area contributed by atoms with E-state index in [1.165, 1.54) is 6.19 Å². The van der Waals surface area contributed by atoms with Gasteiger partial charge in [0.05, 0.1) is 0 Å². The number of nitrogens with zero attached hydrogens (tertiary/aromatic N) is 2. The lowest BCUT2D eigenvalue weighted by Gasteiger charge is -2.20. The first kappa shape index (κ1) is 27.7. The van der Waals surface area contributed by atoms with Crippen molar-refractivity contribution < 1.29 is 39.2 Å². The first-order valence-corrected chi connectivity index (χ1v) is 10.3. The normalized spacial score (nSPS) is 12.5. The number of nitrogens with one attached hydrogen (secondary N) is 3. The van der Waals surface area contributed by atoms with Gasteiger partial charge in [-0.2, -0.15) is 5.26 Å². The van der Waals surface area contributed by atoms with Crippen molar-refractivity contribution in [2.75, 3.05) is 6.54 Å². The van der Waals surface area contributed by atoms with Gasteiger partial charge >= 0.3 is 24.0 Å². The summed E-state index contributed by atoms with van der Waals surface area (Å²) in [5.74, 6) is -4.25. The number of guanidine groups is 1. The molecule has 1 aromatic carbocycles. The van der Waals surface area contributed by atoms with Crippen LogP contribution in [0.4, 0.5) is 4.79 Å². The van der Waals surface area contributed by atoms with Crippen LogP contribution in [0.15, 0.2) is 35.3 Å². The molecule has 0 saturated heterocycles. The zero-order valence-corrected chi connectivity index (χ0v) is 18.3. The zero-order chi connectivity index (χ0) is 25.3. The standard InChI is InChI=1S/C21H27N5O8/c22-13-24-20(26-16(19(31)32)9-10-17(27)28)25-15(18(29)30)8-4-5-11-23-21(33)34-12-14-6-2-1-3-7-14/h1-3,6-7,15-16H,4-5,8-12H2,(H,23,33)(H,27,28)(H,29,30)(H,31,32)(H2,24,25,26)/t15-,16-/m0/s1. The monoisotopic (exact) mass is 477 g/mol. The van der Waals surface area contributed by atoms with E-state index in [2.05, 4.69) is 20.9 Å². The molecule has 13 heteroatoms. The molecule has 0 fully saturated rings. The van der Waals surface area contributed by atoms with Crippen LogP contribution >= 0.6 is 0 Å². The van der Waals surface area contributed by atoms with Crippen molar-refractivity contribution in [1.82, 2.24) is 16.0 Å². The van der Waals surface area contributed by atoms with Crippen LogP contribution in [-0.2, 0) is 25.7 Å². The van der Waals surface area contributed by atoms with Crippen molar-refractivity contribution >= 4 is 30.0 Å². The molecule has 0 unspecified atom stereocenters. The lowest BCUT2D eigenvalue weighted by Crippen LogP contribution is -2.52. The van der Waals surface area contributed by atoms with E-state index in [1.54, 1.807) is 0 Å². The van der Waals surface area contributed by atoms with Crippen LogP contribution in [0.3, 0.4) is 0 Å². The summed E-state index contributed by atoms with van der Waals surface area (Å²) in [6, 6.07) is 6.52. The number of hydrogen-bond donors (Lipinski definition) is 6. The van der Waals surface area contributed by atoms with Crippen LogP contribution in [-0.4, -0.2) is 63.9 Å². The first-order valence-electron chi connectivity index (χ1n) is 10.3. The summed E-state index contributed by atoms with van der Waals surface area (Å²) < 4.78 is 5.07. The van der Waals surface area contributed by atoms with Gasteiger partial charge in [0.15, 0.2) is 0 Å². The highest BCUT2D eigenvalue weighted by atomic mass is 16.5. The lowest BCUT2D eigenvalue weighted by molar-refractivity contribution is -0.140. The minimum Gasteiger partial charge on any atom is -0.481 e. The average Bonchev–Trinajstić information content (AvgIpc) is 2.79. The van der Waals surface area contributed by atoms with Crippen LogP contribution in [0, 0.1) is 11.5 Å². The lowest BCUT2D eigenvalue weighted by atomic mass is 10.1. The number of rotatable bonds is 14. The number of hydrogen-bond acceptors (Lipinski definition) is 7. The fraction of sp³-hybridized carbons (Fsp3) is 0.429. The highest BCUT2D eigenvalue weighted by Crippen LogP contribution is 2.04. The van der Waals surface area contributed by atoms with E-state index in [-0.39, 0.29) is 26.0 Å². The number of aliphatic imine (C=N–C) groups is 1. The van der Waals surface area contributed by atoms with E-state index in [4.69, 9.17) is 15.1 Å². The van der Waals surface area contributed by atoms with Crippen LogP contribution in [0.25, 0.3) is 0 Å². The fourth-order valence-electron chi connectivity index (χ4n) is 2.71. The Balaban J connectivity index is 2.47. The van der Waals surface area contributed by atoms with Crippen molar-refractivity contribution in [1.29, 1.82) is 5.26 Å². The van der Waals surface area contributed by atoms with Crippen molar-refractivity contribution in [3.63, 3.8) is 0 Å². The van der Waals surface area contributed by atoms with Gasteiger partial charge in [0.1, 0.15) is 18.7 Å². The molecule has 0 heterocycles. The SMILES string of the molecule is N#C/N=C(\N[C@@H](CCCCNC(=O)OCc1ccccc1)C(=O)O)N[C@@H](CCC(=O)O)C(=O)O. The summed E-state index contributed by atoms with van der Waals surface area (Å²) >= 11 is 0. The number of ether oxygens (including phenoxy) is 1. The zero-order valence-electron chi connectivity index (χ0n) is 18.3. The smallest absolute Gasteiger partial charge is 0.407 e. The number of carboxylic acid groups (broad SMARTS) is 3. The second kappa shape index (κ2) is 15.5. The molecule has 0 radical (unpaired) electrons. The number of unbranched alkanes of at least 4 members (excludes halogenated alkanes) is 1. The number of carbonyl (C=O) groups excluding carboxylic acids is 1. The third-order valence-electron chi connectivity index (χ3n) is 4.43. The molecule has 0 aromatic heterocycles. The largest absolute Gasteiger partial charge is 0.481 e. The first-order chi connectivity index (χ1) is 16.2. The van der Waals surface area contributed by atoms with Crippen molar-refractivity contribution in [2.24, 2.45) is 4.99 Å². The second-order valence-corrected chi connectivity index (χ2v) is 7.05. The highest BCUT2D eigenvalue weighted by molar-refractivity contribution is 5.89. The molecule has 0 aliphatic rings. The summed E-state index contributed by atoms with van der Waals surface area (Å²) in [6.07, 6.45) is 0.945. The van der Waals surface area contributed by atoms with Gasteiger partial charge < -0.3 is 36.0 Å². The summed E-state index contributed by atoms with van der Waals surface area (Å²) in [6.45, 7) is 0.364. The van der Waals surface area contributed by atoms with Crippen LogP contribution in [0.2, 0.25) is 0 Å². The molecule has 1 rings (SSSR count). The van der Waals surface area contributed by atoms with Gasteiger partial charge in [0.25, 0.3) is 0 Å². The quantitative estimate of drug-likeness (QED) is 0.0957. The Morgan fingerprint density at radius 3 is 2.15 bits per heavy atom. The van der Waals surface area contributed by atoms with E-state index in [1.807, 2.05) is 30.3 Å². The maximum atomic E-state index is 11.7. The summed E-state index contributed by atoms with van der Waals surface area (Å²) in [7, 11) is 0. The third kappa shape index (κ3) is 11.9. The second-order valence-electron chi connectivity index (χ2n) is 7.05. The van der Waals surface area contributed by atoms with Gasteiger partial charge in [-0.15, -0.1) is 4.99 Å². The number of benzene rings is 1. The van der Waals surface area contributed by atoms with Gasteiger partial charge in [0.2, 0.25) is 12.2 Å². The molecule has 6 N–H and O–H groups in total. The minimum absolute atomic E-state index is 0.0784. The number of carboxylic acids is 3. The third-order valence-corrected chi connectivity index (χ3v) is 4.43. The molecule has 0 aliphatic carbocycles. The number of amides is 1. The molecule has 0 aliphatic heterocycles. The Morgan fingerprint density at radius 2 is 1.59 bits per heavy atom. The van der Waals surface area contributed by atoms with E-state index in [0.717, 1.165) is 5.56 Å². The summed E-state index contributed by atoms with van der Waals surface area (Å²) in [4.78, 5) is 48.6. The highest BCUT2D eigenvalue weighted by Gasteiger charge is 2.24. The number of alkyl carbamates (subject to hydrolysis) is 1. The maximum absolute atomic E-state index is 11.7. The topological polar surface area (TPSA) is 210 Å². The van der Waals surface area contributed by atoms with E-state index in [9.17, 15) is 29.4 Å². The maximum Gasteiger partial charge on any atom is 0.407 e. The van der Waals surface area contributed by atoms with Gasteiger partial charge in [0, 0.05) is 13.0 Å². The molecule has 0 bridgehead atoms. The predicted octanol–water partition coefficient (Wildman–Crippen LogP) is 0.871. The minimum atomic E-state index is -1.39. The predicted molar refractivity (Wildman–Crippen MR) is 118 cm³/mol. The Labute approximate surface area is 195 Å². The van der Waals surface area contributed by atoms with Gasteiger partial charge in [-0.25, -0.2) is 14.4 Å².